The van der Waals surface area contributed by atoms with Crippen LogP contribution in [0.15, 0.2) is 42.5 Å². The average molecular weight is 300 g/mol. The Morgan fingerprint density at radius 3 is 2.55 bits per heavy atom. The highest BCUT2D eigenvalue weighted by molar-refractivity contribution is 5.84. The van der Waals surface area contributed by atoms with Crippen molar-refractivity contribution in [2.24, 2.45) is 11.1 Å². The number of hydrogen-bond donors (Lipinski definition) is 1. The van der Waals surface area contributed by atoms with Gasteiger partial charge in [-0.05, 0) is 34.9 Å². The van der Waals surface area contributed by atoms with E-state index in [1.807, 2.05) is 56.3 Å². The number of fused-ring (bicyclic) bond motifs is 1. The zero-order valence-electron chi connectivity index (χ0n) is 13.5. The van der Waals surface area contributed by atoms with Gasteiger partial charge in [-0.3, -0.25) is 4.79 Å². The van der Waals surface area contributed by atoms with E-state index in [1.54, 1.807) is 11.9 Å². The van der Waals surface area contributed by atoms with Crippen molar-refractivity contribution in [3.63, 3.8) is 0 Å². The molecule has 4 heteroatoms. The molecule has 22 heavy (non-hydrogen) atoms. The van der Waals surface area contributed by atoms with Crippen molar-refractivity contribution in [2.75, 3.05) is 26.7 Å². The third-order valence-electron chi connectivity index (χ3n) is 3.73. The molecule has 0 atom stereocenters. The molecule has 118 valence electrons. The minimum Gasteiger partial charge on any atom is -0.484 e. The van der Waals surface area contributed by atoms with Gasteiger partial charge in [0.1, 0.15) is 5.75 Å². The number of amides is 1. The van der Waals surface area contributed by atoms with Gasteiger partial charge in [-0.1, -0.05) is 44.2 Å². The van der Waals surface area contributed by atoms with Gasteiger partial charge in [0.25, 0.3) is 5.91 Å². The van der Waals surface area contributed by atoms with Gasteiger partial charge in [-0.15, -0.1) is 0 Å². The van der Waals surface area contributed by atoms with E-state index in [4.69, 9.17) is 10.5 Å². The molecule has 0 fully saturated rings. The SMILES string of the molecule is CN(CC(C)(C)CN)C(=O)COc1ccc2ccccc2c1. The Morgan fingerprint density at radius 1 is 1.18 bits per heavy atom. The fraction of sp³-hybridized carbons (Fsp3) is 0.389. The summed E-state index contributed by atoms with van der Waals surface area (Å²) in [6, 6.07) is 13.9. The van der Waals surface area contributed by atoms with E-state index in [9.17, 15) is 4.79 Å². The van der Waals surface area contributed by atoms with E-state index in [-0.39, 0.29) is 17.9 Å². The molecular formula is C18H24N2O2. The van der Waals surface area contributed by atoms with Crippen molar-refractivity contribution in [1.29, 1.82) is 0 Å². The van der Waals surface area contributed by atoms with Crippen LogP contribution in [0.5, 0.6) is 5.75 Å². The van der Waals surface area contributed by atoms with E-state index in [2.05, 4.69) is 0 Å². The molecule has 2 aromatic rings. The molecule has 0 unspecified atom stereocenters. The minimum absolute atomic E-state index is 0.0372. The van der Waals surface area contributed by atoms with Crippen molar-refractivity contribution in [2.45, 2.75) is 13.8 Å². The zero-order chi connectivity index (χ0) is 16.2. The summed E-state index contributed by atoms with van der Waals surface area (Å²) in [6.45, 7) is 5.27. The lowest BCUT2D eigenvalue weighted by Gasteiger charge is -2.29. The van der Waals surface area contributed by atoms with Gasteiger partial charge >= 0.3 is 0 Å². The summed E-state index contributed by atoms with van der Waals surface area (Å²) in [5.74, 6) is 0.660. The van der Waals surface area contributed by atoms with Crippen LogP contribution in [0.25, 0.3) is 10.8 Å². The minimum atomic E-state index is -0.0899. The van der Waals surface area contributed by atoms with Crippen LogP contribution in [-0.2, 0) is 4.79 Å². The van der Waals surface area contributed by atoms with Crippen LogP contribution < -0.4 is 10.5 Å². The predicted octanol–water partition coefficient (Wildman–Crippen LogP) is 2.66. The highest BCUT2D eigenvalue weighted by Crippen LogP contribution is 2.20. The quantitative estimate of drug-likeness (QED) is 0.892. The molecule has 2 N–H and O–H groups in total. The lowest BCUT2D eigenvalue weighted by Crippen LogP contribution is -2.41. The van der Waals surface area contributed by atoms with Crippen molar-refractivity contribution in [3.05, 3.63) is 42.5 Å². The van der Waals surface area contributed by atoms with E-state index in [0.29, 0.717) is 18.8 Å². The van der Waals surface area contributed by atoms with Crippen LogP contribution in [0.2, 0.25) is 0 Å². The highest BCUT2D eigenvalue weighted by atomic mass is 16.5. The predicted molar refractivity (Wildman–Crippen MR) is 89.9 cm³/mol. The summed E-state index contributed by atoms with van der Waals surface area (Å²) in [6.07, 6.45) is 0. The van der Waals surface area contributed by atoms with Crippen molar-refractivity contribution < 1.29 is 9.53 Å². The maximum absolute atomic E-state index is 12.1. The summed E-state index contributed by atoms with van der Waals surface area (Å²) in [5, 5.41) is 2.26. The van der Waals surface area contributed by atoms with Gasteiger partial charge in [0.15, 0.2) is 6.61 Å². The van der Waals surface area contributed by atoms with E-state index in [0.717, 1.165) is 10.8 Å². The van der Waals surface area contributed by atoms with Crippen molar-refractivity contribution >= 4 is 16.7 Å². The number of hydrogen-bond acceptors (Lipinski definition) is 3. The lowest BCUT2D eigenvalue weighted by molar-refractivity contribution is -0.133. The van der Waals surface area contributed by atoms with E-state index < -0.39 is 0 Å². The number of ether oxygens (including phenoxy) is 1. The number of likely N-dealkylation sites (N-methyl/N-ethyl adjacent to an activating group) is 1. The molecule has 0 aliphatic rings. The molecule has 0 spiro atoms. The molecule has 2 rings (SSSR count). The van der Waals surface area contributed by atoms with Crippen LogP contribution in [0.4, 0.5) is 0 Å². The second-order valence-corrected chi connectivity index (χ2v) is 6.42. The monoisotopic (exact) mass is 300 g/mol. The van der Waals surface area contributed by atoms with Crippen molar-refractivity contribution in [3.8, 4) is 5.75 Å². The van der Waals surface area contributed by atoms with Gasteiger partial charge < -0.3 is 15.4 Å². The fourth-order valence-electron chi connectivity index (χ4n) is 2.31. The normalized spacial score (nSPS) is 11.5. The van der Waals surface area contributed by atoms with Gasteiger partial charge in [-0.2, -0.15) is 0 Å². The molecule has 2 aromatic carbocycles. The van der Waals surface area contributed by atoms with E-state index in [1.165, 1.54) is 0 Å². The maximum Gasteiger partial charge on any atom is 0.260 e. The van der Waals surface area contributed by atoms with Gasteiger partial charge in [0.05, 0.1) is 0 Å². The lowest BCUT2D eigenvalue weighted by atomic mass is 9.93. The first kappa shape index (κ1) is 16.3. The largest absolute Gasteiger partial charge is 0.484 e. The fourth-order valence-corrected chi connectivity index (χ4v) is 2.31. The van der Waals surface area contributed by atoms with Crippen LogP contribution in [0, 0.1) is 5.41 Å². The number of nitrogens with zero attached hydrogens (tertiary/aromatic N) is 1. The second-order valence-electron chi connectivity index (χ2n) is 6.42. The highest BCUT2D eigenvalue weighted by Gasteiger charge is 2.21. The number of rotatable bonds is 6. The van der Waals surface area contributed by atoms with Crippen LogP contribution in [-0.4, -0.2) is 37.6 Å². The molecule has 0 heterocycles. The van der Waals surface area contributed by atoms with Gasteiger partial charge in [-0.25, -0.2) is 0 Å². The van der Waals surface area contributed by atoms with Gasteiger partial charge in [0, 0.05) is 13.6 Å². The molecule has 0 aromatic heterocycles. The molecular weight excluding hydrogens is 276 g/mol. The standard InChI is InChI=1S/C18H24N2O2/c1-18(2,12-19)13-20(3)17(21)11-22-16-9-8-14-6-4-5-7-15(14)10-16/h4-10H,11-13,19H2,1-3H3. The number of benzene rings is 2. The smallest absolute Gasteiger partial charge is 0.260 e. The Labute approximate surface area is 131 Å². The summed E-state index contributed by atoms with van der Waals surface area (Å²) in [4.78, 5) is 13.8. The Morgan fingerprint density at radius 2 is 1.86 bits per heavy atom. The second kappa shape index (κ2) is 6.79. The summed E-state index contributed by atoms with van der Waals surface area (Å²) >= 11 is 0. The topological polar surface area (TPSA) is 55.6 Å². The average Bonchev–Trinajstić information content (AvgIpc) is 2.52. The first-order valence-electron chi connectivity index (χ1n) is 7.47. The third-order valence-corrected chi connectivity index (χ3v) is 3.73. The number of carbonyl (C=O) groups excluding carboxylic acids is 1. The maximum atomic E-state index is 12.1. The molecule has 0 saturated carbocycles. The summed E-state index contributed by atoms with van der Waals surface area (Å²) in [5.41, 5.74) is 5.61. The summed E-state index contributed by atoms with van der Waals surface area (Å²) < 4.78 is 5.62. The van der Waals surface area contributed by atoms with E-state index >= 15 is 0 Å². The van der Waals surface area contributed by atoms with Crippen molar-refractivity contribution in [1.82, 2.24) is 4.90 Å². The Hall–Kier alpha value is -2.07. The molecule has 4 nitrogen and oxygen atoms in total. The molecule has 0 bridgehead atoms. The van der Waals surface area contributed by atoms with Gasteiger partial charge in [0.2, 0.25) is 0 Å². The summed E-state index contributed by atoms with van der Waals surface area (Å²) in [7, 11) is 1.78. The first-order valence-corrected chi connectivity index (χ1v) is 7.47. The molecule has 0 aliphatic heterocycles. The van der Waals surface area contributed by atoms with Crippen LogP contribution in [0.1, 0.15) is 13.8 Å². The molecule has 0 radical (unpaired) electrons. The molecule has 0 aliphatic carbocycles. The third kappa shape index (κ3) is 4.21. The Kier molecular flexibility index (Phi) is 5.03. The Bertz CT molecular complexity index is 652. The molecule has 1 amide bonds. The molecule has 0 saturated heterocycles. The Balaban J connectivity index is 1.94. The van der Waals surface area contributed by atoms with Crippen LogP contribution >= 0.6 is 0 Å². The number of nitrogens with two attached hydrogens (primary N) is 1. The number of carbonyl (C=O) groups is 1. The first-order chi connectivity index (χ1) is 10.4. The zero-order valence-corrected chi connectivity index (χ0v) is 13.5. The van der Waals surface area contributed by atoms with Crippen LogP contribution in [0.3, 0.4) is 0 Å².